The van der Waals surface area contributed by atoms with Crippen molar-refractivity contribution >= 4 is 28.6 Å². The summed E-state index contributed by atoms with van der Waals surface area (Å²) in [7, 11) is 0. The molecule has 1 aromatic carbocycles. The number of carbonyl (C=O) groups excluding carboxylic acids is 1. The molecule has 20 heavy (non-hydrogen) atoms. The van der Waals surface area contributed by atoms with E-state index >= 15 is 0 Å². The number of anilines is 2. The molecule has 0 saturated heterocycles. The number of hydrogen-bond acceptors (Lipinski definition) is 4. The van der Waals surface area contributed by atoms with Crippen LogP contribution in [0.1, 0.15) is 13.8 Å². The van der Waals surface area contributed by atoms with E-state index in [1.807, 2.05) is 6.07 Å². The summed E-state index contributed by atoms with van der Waals surface area (Å²) in [4.78, 5) is 36.8. The molecule has 2 rings (SSSR count). The Morgan fingerprint density at radius 1 is 1.25 bits per heavy atom. The molecular formula is C14H14N2O3S. The highest BCUT2D eigenvalue weighted by molar-refractivity contribution is 7.07. The standard InChI is InChI=1S/C14H14N2O3S/c1-3-15-13(18)12(9-20-14(15)19)16(10(2)17)11-7-5-4-6-8-11/h4-9H,3H2,1-2H3. The molecule has 1 heterocycles. The summed E-state index contributed by atoms with van der Waals surface area (Å²) in [6.07, 6.45) is 0. The normalized spacial score (nSPS) is 10.3. The minimum atomic E-state index is -0.449. The summed E-state index contributed by atoms with van der Waals surface area (Å²) in [5.41, 5.74) is 0.357. The molecule has 0 N–H and O–H groups in total. The quantitative estimate of drug-likeness (QED) is 0.868. The van der Waals surface area contributed by atoms with Crippen LogP contribution in [0.4, 0.5) is 11.4 Å². The summed E-state index contributed by atoms with van der Waals surface area (Å²) in [6.45, 7) is 3.39. The van der Waals surface area contributed by atoms with Gasteiger partial charge in [0.2, 0.25) is 5.91 Å². The van der Waals surface area contributed by atoms with Gasteiger partial charge in [-0.2, -0.15) is 0 Å². The Balaban J connectivity index is 2.66. The van der Waals surface area contributed by atoms with Gasteiger partial charge in [0.15, 0.2) is 0 Å². The van der Waals surface area contributed by atoms with Crippen molar-refractivity contribution in [2.45, 2.75) is 20.4 Å². The van der Waals surface area contributed by atoms with Crippen molar-refractivity contribution < 1.29 is 4.79 Å². The van der Waals surface area contributed by atoms with Gasteiger partial charge in [-0.15, -0.1) is 0 Å². The molecule has 0 atom stereocenters. The first-order valence-corrected chi connectivity index (χ1v) is 7.02. The highest BCUT2D eigenvalue weighted by Crippen LogP contribution is 2.22. The maximum atomic E-state index is 12.3. The molecule has 2 aromatic rings. The smallest absolute Gasteiger partial charge is 0.275 e. The van der Waals surface area contributed by atoms with Crippen LogP contribution in [0.3, 0.4) is 0 Å². The molecule has 0 bridgehead atoms. The molecule has 0 fully saturated rings. The Hall–Kier alpha value is -2.21. The first kappa shape index (κ1) is 14.2. The Morgan fingerprint density at radius 2 is 1.90 bits per heavy atom. The predicted octanol–water partition coefficient (Wildman–Crippen LogP) is 1.97. The number of rotatable bonds is 3. The Bertz CT molecular complexity index is 734. The lowest BCUT2D eigenvalue weighted by molar-refractivity contribution is -0.115. The van der Waals surface area contributed by atoms with E-state index in [0.717, 1.165) is 15.9 Å². The fraction of sp³-hybridized carbons (Fsp3) is 0.214. The van der Waals surface area contributed by atoms with Crippen molar-refractivity contribution in [2.24, 2.45) is 0 Å². The molecule has 1 amide bonds. The van der Waals surface area contributed by atoms with Gasteiger partial charge >= 0.3 is 4.87 Å². The molecular weight excluding hydrogens is 276 g/mol. The van der Waals surface area contributed by atoms with Gasteiger partial charge in [0, 0.05) is 24.5 Å². The van der Waals surface area contributed by atoms with Crippen LogP contribution in [0, 0.1) is 0 Å². The zero-order valence-electron chi connectivity index (χ0n) is 11.2. The van der Waals surface area contributed by atoms with Crippen LogP contribution in [0.2, 0.25) is 0 Å². The minimum absolute atomic E-state index is 0.204. The number of para-hydroxylation sites is 1. The summed E-state index contributed by atoms with van der Waals surface area (Å²) < 4.78 is 1.12. The topological polar surface area (TPSA) is 59.4 Å². The summed E-state index contributed by atoms with van der Waals surface area (Å²) in [6, 6.07) is 8.89. The SMILES string of the molecule is CCn1c(=O)scc(N(C(C)=O)c2ccccc2)c1=O. The second-order valence-corrected chi connectivity index (χ2v) is 4.95. The minimum Gasteiger partial charge on any atom is -0.275 e. The van der Waals surface area contributed by atoms with Crippen molar-refractivity contribution in [1.29, 1.82) is 0 Å². The molecule has 0 unspecified atom stereocenters. The van der Waals surface area contributed by atoms with Crippen molar-refractivity contribution in [2.75, 3.05) is 4.90 Å². The number of benzene rings is 1. The first-order chi connectivity index (χ1) is 9.56. The third kappa shape index (κ3) is 2.55. The monoisotopic (exact) mass is 290 g/mol. The average Bonchev–Trinajstić information content (AvgIpc) is 2.43. The van der Waals surface area contributed by atoms with E-state index < -0.39 is 5.56 Å². The van der Waals surface area contributed by atoms with Gasteiger partial charge in [-0.3, -0.25) is 23.9 Å². The maximum Gasteiger partial charge on any atom is 0.310 e. The fourth-order valence-electron chi connectivity index (χ4n) is 1.93. The van der Waals surface area contributed by atoms with Crippen molar-refractivity contribution in [3.8, 4) is 0 Å². The fourth-order valence-corrected chi connectivity index (χ4v) is 2.69. The maximum absolute atomic E-state index is 12.3. The van der Waals surface area contributed by atoms with Crippen LogP contribution >= 0.6 is 11.3 Å². The molecule has 6 heteroatoms. The number of hydrogen-bond donors (Lipinski definition) is 0. The van der Waals surface area contributed by atoms with Crippen LogP contribution in [0.25, 0.3) is 0 Å². The van der Waals surface area contributed by atoms with Gasteiger partial charge in [0.05, 0.1) is 0 Å². The largest absolute Gasteiger partial charge is 0.310 e. The molecule has 5 nitrogen and oxygen atoms in total. The first-order valence-electron chi connectivity index (χ1n) is 6.14. The molecule has 0 saturated carbocycles. The van der Waals surface area contributed by atoms with Gasteiger partial charge in [0.1, 0.15) is 5.69 Å². The van der Waals surface area contributed by atoms with E-state index in [-0.39, 0.29) is 23.0 Å². The molecule has 104 valence electrons. The van der Waals surface area contributed by atoms with E-state index in [2.05, 4.69) is 0 Å². The molecule has 0 aliphatic rings. The van der Waals surface area contributed by atoms with Gasteiger partial charge in [0.25, 0.3) is 5.56 Å². The Kier molecular flexibility index (Phi) is 4.14. The van der Waals surface area contributed by atoms with Crippen LogP contribution in [-0.4, -0.2) is 10.5 Å². The van der Waals surface area contributed by atoms with Crippen molar-refractivity contribution in [1.82, 2.24) is 4.57 Å². The van der Waals surface area contributed by atoms with Gasteiger partial charge in [-0.25, -0.2) is 0 Å². The highest BCUT2D eigenvalue weighted by Gasteiger charge is 2.19. The summed E-state index contributed by atoms with van der Waals surface area (Å²) in [5.74, 6) is -0.276. The molecule has 0 spiro atoms. The zero-order valence-corrected chi connectivity index (χ0v) is 12.0. The second-order valence-electron chi connectivity index (χ2n) is 4.13. The number of amides is 1. The average molecular weight is 290 g/mol. The van der Waals surface area contributed by atoms with E-state index in [4.69, 9.17) is 0 Å². The molecule has 1 aromatic heterocycles. The summed E-state index contributed by atoms with van der Waals surface area (Å²) >= 11 is 0.913. The second kappa shape index (κ2) is 5.83. The molecule has 0 radical (unpaired) electrons. The predicted molar refractivity (Wildman–Crippen MR) is 79.8 cm³/mol. The third-order valence-corrected chi connectivity index (χ3v) is 3.61. The van der Waals surface area contributed by atoms with Gasteiger partial charge < -0.3 is 0 Å². The lowest BCUT2D eigenvalue weighted by Crippen LogP contribution is -2.36. The van der Waals surface area contributed by atoms with Crippen LogP contribution in [0.5, 0.6) is 0 Å². The lowest BCUT2D eigenvalue weighted by Gasteiger charge is -2.20. The number of nitrogens with zero attached hydrogens (tertiary/aromatic N) is 2. The van der Waals surface area contributed by atoms with E-state index in [9.17, 15) is 14.4 Å². The zero-order chi connectivity index (χ0) is 14.7. The van der Waals surface area contributed by atoms with E-state index in [1.54, 1.807) is 31.2 Å². The van der Waals surface area contributed by atoms with Gasteiger partial charge in [-0.05, 0) is 19.1 Å². The van der Waals surface area contributed by atoms with E-state index in [1.165, 1.54) is 17.2 Å². The van der Waals surface area contributed by atoms with Gasteiger partial charge in [-0.1, -0.05) is 29.5 Å². The highest BCUT2D eigenvalue weighted by atomic mass is 32.1. The third-order valence-electron chi connectivity index (χ3n) is 2.84. The van der Waals surface area contributed by atoms with E-state index in [0.29, 0.717) is 5.69 Å². The number of carbonyl (C=O) groups is 1. The van der Waals surface area contributed by atoms with Crippen molar-refractivity contribution in [3.63, 3.8) is 0 Å². The number of aromatic nitrogens is 1. The summed E-state index contributed by atoms with van der Waals surface area (Å²) in [5, 5.41) is 1.44. The lowest BCUT2D eigenvalue weighted by atomic mass is 10.2. The molecule has 0 aliphatic heterocycles. The molecule has 0 aliphatic carbocycles. The Morgan fingerprint density at radius 3 is 2.45 bits per heavy atom. The van der Waals surface area contributed by atoms with Crippen molar-refractivity contribution in [3.05, 3.63) is 55.7 Å². The van der Waals surface area contributed by atoms with Crippen LogP contribution in [0.15, 0.2) is 45.3 Å². The Labute approximate surface area is 119 Å². The van der Waals surface area contributed by atoms with Crippen LogP contribution in [-0.2, 0) is 11.3 Å². The van der Waals surface area contributed by atoms with Crippen LogP contribution < -0.4 is 15.3 Å².